The second-order valence-corrected chi connectivity index (χ2v) is 8.06. The maximum Gasteiger partial charge on any atom is 0.347 e. The van der Waals surface area contributed by atoms with E-state index in [1.165, 1.54) is 12.8 Å². The number of phenols is 1. The van der Waals surface area contributed by atoms with Gasteiger partial charge in [-0.2, -0.15) is 0 Å². The van der Waals surface area contributed by atoms with Crippen LogP contribution in [0.4, 0.5) is 0 Å². The number of nitrogens with zero attached hydrogens (tertiary/aromatic N) is 2. The largest absolute Gasteiger partial charge is 0.507 e. The summed E-state index contributed by atoms with van der Waals surface area (Å²) >= 11 is 0. The molecule has 0 saturated carbocycles. The van der Waals surface area contributed by atoms with Crippen LogP contribution < -0.4 is 5.63 Å². The quantitative estimate of drug-likeness (QED) is 0.478. The molecule has 2 aromatic carbocycles. The van der Waals surface area contributed by atoms with Gasteiger partial charge in [-0.3, -0.25) is 4.90 Å². The molecule has 1 saturated heterocycles. The summed E-state index contributed by atoms with van der Waals surface area (Å²) in [5.74, 6) is 0.658. The minimum atomic E-state index is -0.459. The van der Waals surface area contributed by atoms with Crippen LogP contribution in [0.2, 0.25) is 0 Å². The predicted molar refractivity (Wildman–Crippen MR) is 118 cm³/mol. The van der Waals surface area contributed by atoms with Crippen LogP contribution in [-0.2, 0) is 6.54 Å². The van der Waals surface area contributed by atoms with Gasteiger partial charge in [-0.05, 0) is 56.1 Å². The van der Waals surface area contributed by atoms with Gasteiger partial charge in [0.2, 0.25) is 0 Å². The number of H-pyrrole nitrogens is 1. The lowest BCUT2D eigenvalue weighted by atomic mass is 9.98. The monoisotopic (exact) mass is 403 g/mol. The zero-order valence-corrected chi connectivity index (χ0v) is 17.0. The fourth-order valence-corrected chi connectivity index (χ4v) is 4.56. The predicted octanol–water partition coefficient (Wildman–Crippen LogP) is 4.81. The van der Waals surface area contributed by atoms with E-state index in [2.05, 4.69) is 21.8 Å². The molecule has 0 unspecified atom stereocenters. The number of fused-ring (bicyclic) bond motifs is 2. The van der Waals surface area contributed by atoms with Gasteiger partial charge in [0.1, 0.15) is 22.7 Å². The third kappa shape index (κ3) is 3.27. The molecule has 1 atom stereocenters. The summed E-state index contributed by atoms with van der Waals surface area (Å²) in [5.41, 5.74) is 2.74. The highest BCUT2D eigenvalue weighted by Crippen LogP contribution is 2.32. The molecule has 4 aromatic rings. The van der Waals surface area contributed by atoms with Crippen LogP contribution in [0, 0.1) is 0 Å². The highest BCUT2D eigenvalue weighted by atomic mass is 16.4. The van der Waals surface area contributed by atoms with Crippen LogP contribution in [0.15, 0.2) is 51.7 Å². The summed E-state index contributed by atoms with van der Waals surface area (Å²) < 4.78 is 5.76. The summed E-state index contributed by atoms with van der Waals surface area (Å²) in [4.78, 5) is 23.0. The zero-order valence-electron chi connectivity index (χ0n) is 17.0. The van der Waals surface area contributed by atoms with E-state index in [0.717, 1.165) is 35.8 Å². The first-order valence-corrected chi connectivity index (χ1v) is 10.6. The molecule has 154 valence electrons. The van der Waals surface area contributed by atoms with Crippen LogP contribution in [0.1, 0.15) is 38.2 Å². The van der Waals surface area contributed by atoms with Gasteiger partial charge < -0.3 is 14.5 Å². The molecule has 1 aliphatic heterocycles. The molecule has 0 aliphatic carbocycles. The minimum absolute atomic E-state index is 0.169. The molecular formula is C24H25N3O3. The lowest BCUT2D eigenvalue weighted by Gasteiger charge is -2.35. The lowest BCUT2D eigenvalue weighted by Crippen LogP contribution is -2.38. The summed E-state index contributed by atoms with van der Waals surface area (Å²) in [6, 6.07) is 13.4. The van der Waals surface area contributed by atoms with Crippen LogP contribution in [0.3, 0.4) is 0 Å². The Hall–Kier alpha value is -3.12. The van der Waals surface area contributed by atoms with Crippen LogP contribution in [0.5, 0.6) is 5.75 Å². The van der Waals surface area contributed by atoms with Gasteiger partial charge in [-0.25, -0.2) is 9.78 Å². The highest BCUT2D eigenvalue weighted by molar-refractivity contribution is 5.86. The summed E-state index contributed by atoms with van der Waals surface area (Å²) in [6.45, 7) is 3.77. The first kappa shape index (κ1) is 18.9. The molecule has 1 aliphatic rings. The Morgan fingerprint density at radius 3 is 2.93 bits per heavy atom. The molecule has 2 aromatic heterocycles. The third-order valence-corrected chi connectivity index (χ3v) is 6.21. The van der Waals surface area contributed by atoms with E-state index < -0.39 is 5.63 Å². The van der Waals surface area contributed by atoms with E-state index in [4.69, 9.17) is 4.42 Å². The van der Waals surface area contributed by atoms with E-state index in [0.29, 0.717) is 35.1 Å². The zero-order chi connectivity index (χ0) is 20.7. The van der Waals surface area contributed by atoms with Crippen molar-refractivity contribution in [2.45, 2.75) is 45.2 Å². The fraction of sp³-hybridized carbons (Fsp3) is 0.333. The molecule has 0 spiro atoms. The molecular weight excluding hydrogens is 378 g/mol. The molecule has 5 rings (SSSR count). The molecule has 3 heterocycles. The number of para-hydroxylation sites is 2. The van der Waals surface area contributed by atoms with Gasteiger partial charge in [0.05, 0.1) is 16.6 Å². The number of rotatable bonds is 4. The SMILES string of the molecule is CC[C@H]1CCCCN1Cc1c(O)ccc2cc(-c3nc4ccccc4[nH]3)c(=O)oc12. The molecule has 0 bridgehead atoms. The Labute approximate surface area is 174 Å². The van der Waals surface area contributed by atoms with Crippen LogP contribution >= 0.6 is 0 Å². The van der Waals surface area contributed by atoms with E-state index in [1.54, 1.807) is 18.2 Å². The van der Waals surface area contributed by atoms with Gasteiger partial charge in [0, 0.05) is 18.0 Å². The molecule has 6 heteroatoms. The summed E-state index contributed by atoms with van der Waals surface area (Å²) in [6.07, 6.45) is 4.64. The number of phenolic OH excluding ortho intramolecular Hbond substituents is 1. The Balaban J connectivity index is 1.59. The molecule has 30 heavy (non-hydrogen) atoms. The first-order chi connectivity index (χ1) is 14.6. The average Bonchev–Trinajstić information content (AvgIpc) is 3.20. The highest BCUT2D eigenvalue weighted by Gasteiger charge is 2.24. The third-order valence-electron chi connectivity index (χ3n) is 6.21. The summed E-state index contributed by atoms with van der Waals surface area (Å²) in [5, 5.41) is 11.3. The first-order valence-electron chi connectivity index (χ1n) is 10.6. The second-order valence-electron chi connectivity index (χ2n) is 8.06. The minimum Gasteiger partial charge on any atom is -0.507 e. The number of imidazole rings is 1. The molecule has 0 amide bonds. The van der Waals surface area contributed by atoms with Crippen molar-refractivity contribution in [3.63, 3.8) is 0 Å². The van der Waals surface area contributed by atoms with E-state index in [1.807, 2.05) is 24.3 Å². The smallest absolute Gasteiger partial charge is 0.347 e. The Kier molecular flexibility index (Phi) is 4.79. The molecule has 2 N–H and O–H groups in total. The second kappa shape index (κ2) is 7.61. The number of aromatic nitrogens is 2. The number of aromatic hydroxyl groups is 1. The maximum atomic E-state index is 12.9. The number of aromatic amines is 1. The number of nitrogens with one attached hydrogen (secondary N) is 1. The van der Waals surface area contributed by atoms with Gasteiger partial charge in [-0.1, -0.05) is 25.5 Å². The van der Waals surface area contributed by atoms with Gasteiger partial charge in [0.15, 0.2) is 0 Å². The average molecular weight is 403 g/mol. The number of benzene rings is 2. The maximum absolute atomic E-state index is 12.9. The van der Waals surface area contributed by atoms with Crippen molar-refractivity contribution in [3.05, 3.63) is 58.4 Å². The van der Waals surface area contributed by atoms with E-state index in [9.17, 15) is 9.90 Å². The van der Waals surface area contributed by atoms with Crippen molar-refractivity contribution in [2.24, 2.45) is 0 Å². The molecule has 0 radical (unpaired) electrons. The van der Waals surface area contributed by atoms with Crippen molar-refractivity contribution in [1.82, 2.24) is 14.9 Å². The van der Waals surface area contributed by atoms with Crippen LogP contribution in [-0.4, -0.2) is 32.6 Å². The van der Waals surface area contributed by atoms with Gasteiger partial charge in [-0.15, -0.1) is 0 Å². The Bertz CT molecular complexity index is 1240. The number of hydrogen-bond donors (Lipinski definition) is 2. The lowest BCUT2D eigenvalue weighted by molar-refractivity contribution is 0.135. The standard InChI is InChI=1S/C24H25N3O3/c1-2-16-7-5-6-12-27(16)14-18-21(28)11-10-15-13-17(24(29)30-22(15)18)23-25-19-8-3-4-9-20(19)26-23/h3-4,8-11,13,16,28H,2,5-7,12,14H2,1H3,(H,25,26)/t16-/m0/s1. The normalized spacial score (nSPS) is 17.7. The van der Waals surface area contributed by atoms with Crippen molar-refractivity contribution in [2.75, 3.05) is 6.54 Å². The van der Waals surface area contributed by atoms with Crippen molar-refractivity contribution in [3.8, 4) is 17.1 Å². The number of piperidine rings is 1. The van der Waals surface area contributed by atoms with Gasteiger partial charge in [0.25, 0.3) is 0 Å². The summed E-state index contributed by atoms with van der Waals surface area (Å²) in [7, 11) is 0. The van der Waals surface area contributed by atoms with Crippen LogP contribution in [0.25, 0.3) is 33.4 Å². The Morgan fingerprint density at radius 1 is 1.23 bits per heavy atom. The van der Waals surface area contributed by atoms with Crippen molar-refractivity contribution < 1.29 is 9.52 Å². The topological polar surface area (TPSA) is 82.4 Å². The number of likely N-dealkylation sites (tertiary alicyclic amines) is 1. The van der Waals surface area contributed by atoms with E-state index in [-0.39, 0.29) is 5.75 Å². The van der Waals surface area contributed by atoms with Crippen molar-refractivity contribution >= 4 is 22.0 Å². The number of hydrogen-bond acceptors (Lipinski definition) is 5. The molecule has 1 fully saturated rings. The van der Waals surface area contributed by atoms with Gasteiger partial charge >= 0.3 is 5.63 Å². The van der Waals surface area contributed by atoms with E-state index >= 15 is 0 Å². The van der Waals surface area contributed by atoms with Crippen molar-refractivity contribution in [1.29, 1.82) is 0 Å². The molecule has 6 nitrogen and oxygen atoms in total. The fourth-order valence-electron chi connectivity index (χ4n) is 4.56. The Morgan fingerprint density at radius 2 is 2.10 bits per heavy atom.